The fraction of sp³-hybridized carbons (Fsp3) is 0.667. The average molecular weight is 303 g/mol. The molecule has 0 spiro atoms. The van der Waals surface area contributed by atoms with E-state index in [1.807, 2.05) is 0 Å². The van der Waals surface area contributed by atoms with Crippen molar-refractivity contribution in [3.63, 3.8) is 0 Å². The maximum atomic E-state index is 12.1. The highest BCUT2D eigenvalue weighted by Crippen LogP contribution is 2.19. The molecule has 96 valence electrons. The minimum Gasteiger partial charge on any atom is -0.383 e. The molecule has 1 aromatic heterocycles. The molecular formula is C12H19BrN2O2. The number of aromatic nitrogens is 2. The highest BCUT2D eigenvalue weighted by Gasteiger charge is 2.16. The van der Waals surface area contributed by atoms with Crippen molar-refractivity contribution < 1.29 is 9.53 Å². The maximum absolute atomic E-state index is 12.1. The van der Waals surface area contributed by atoms with E-state index >= 15 is 0 Å². The van der Waals surface area contributed by atoms with Crippen LogP contribution >= 0.6 is 15.9 Å². The molecular weight excluding hydrogens is 284 g/mol. The molecule has 1 heterocycles. The van der Waals surface area contributed by atoms with Gasteiger partial charge in [0.15, 0.2) is 5.78 Å². The van der Waals surface area contributed by atoms with E-state index in [9.17, 15) is 4.79 Å². The second kappa shape index (κ2) is 6.91. The summed E-state index contributed by atoms with van der Waals surface area (Å²) in [5.41, 5.74) is 0.655. The molecule has 0 N–H and O–H groups in total. The molecule has 1 aromatic rings. The Bertz CT molecular complexity index is 375. The second-order valence-corrected chi connectivity index (χ2v) is 5.27. The standard InChI is InChI=1S/C12H19BrN2O2/c1-9(2)4-5-11(16)12-10(13)8-14-15(12)6-7-17-3/h8-9H,4-7H2,1-3H3. The number of halogens is 1. The third kappa shape index (κ3) is 4.24. The van der Waals surface area contributed by atoms with E-state index in [0.29, 0.717) is 31.2 Å². The summed E-state index contributed by atoms with van der Waals surface area (Å²) in [7, 11) is 1.64. The Hall–Kier alpha value is -0.680. The van der Waals surface area contributed by atoms with Crippen molar-refractivity contribution in [1.29, 1.82) is 0 Å². The first-order valence-electron chi connectivity index (χ1n) is 5.79. The van der Waals surface area contributed by atoms with Crippen LogP contribution in [-0.4, -0.2) is 29.3 Å². The van der Waals surface area contributed by atoms with Gasteiger partial charge in [-0.25, -0.2) is 0 Å². The van der Waals surface area contributed by atoms with Crippen LogP contribution in [0.25, 0.3) is 0 Å². The maximum Gasteiger partial charge on any atom is 0.182 e. The molecule has 0 atom stereocenters. The molecule has 0 saturated carbocycles. The van der Waals surface area contributed by atoms with Gasteiger partial charge < -0.3 is 4.74 Å². The predicted molar refractivity (Wildman–Crippen MR) is 70.2 cm³/mol. The summed E-state index contributed by atoms with van der Waals surface area (Å²) in [6.45, 7) is 5.39. The molecule has 0 aliphatic carbocycles. The minimum absolute atomic E-state index is 0.138. The van der Waals surface area contributed by atoms with Crippen LogP contribution in [0.2, 0.25) is 0 Å². The third-order valence-electron chi connectivity index (χ3n) is 2.51. The van der Waals surface area contributed by atoms with Gasteiger partial charge in [-0.3, -0.25) is 9.48 Å². The predicted octanol–water partition coefficient (Wildman–Crippen LogP) is 2.91. The highest BCUT2D eigenvalue weighted by molar-refractivity contribution is 9.10. The molecule has 4 nitrogen and oxygen atoms in total. The van der Waals surface area contributed by atoms with Gasteiger partial charge >= 0.3 is 0 Å². The first-order valence-corrected chi connectivity index (χ1v) is 6.59. The van der Waals surface area contributed by atoms with E-state index in [1.54, 1.807) is 18.0 Å². The lowest BCUT2D eigenvalue weighted by Gasteiger charge is -2.08. The van der Waals surface area contributed by atoms with Gasteiger partial charge in [-0.05, 0) is 28.3 Å². The smallest absolute Gasteiger partial charge is 0.182 e. The molecule has 5 heteroatoms. The lowest BCUT2D eigenvalue weighted by Crippen LogP contribution is -2.14. The summed E-state index contributed by atoms with van der Waals surface area (Å²) in [5, 5.41) is 4.17. The quantitative estimate of drug-likeness (QED) is 0.728. The molecule has 0 aliphatic rings. The summed E-state index contributed by atoms with van der Waals surface area (Å²) in [4.78, 5) is 12.1. The molecule has 0 aliphatic heterocycles. The number of carbonyl (C=O) groups excluding carboxylic acids is 1. The number of hydrogen-bond donors (Lipinski definition) is 0. The van der Waals surface area contributed by atoms with Gasteiger partial charge in [-0.1, -0.05) is 13.8 Å². The lowest BCUT2D eigenvalue weighted by molar-refractivity contribution is 0.0960. The summed E-state index contributed by atoms with van der Waals surface area (Å²) in [5.74, 6) is 0.673. The molecule has 0 amide bonds. The first kappa shape index (κ1) is 14.4. The van der Waals surface area contributed by atoms with E-state index in [0.717, 1.165) is 10.9 Å². The molecule has 0 saturated heterocycles. The monoisotopic (exact) mass is 302 g/mol. The van der Waals surface area contributed by atoms with Gasteiger partial charge in [0.25, 0.3) is 0 Å². The summed E-state index contributed by atoms with van der Waals surface area (Å²) < 4.78 is 7.47. The van der Waals surface area contributed by atoms with Gasteiger partial charge in [0, 0.05) is 13.5 Å². The number of ether oxygens (including phenoxy) is 1. The van der Waals surface area contributed by atoms with Crippen LogP contribution in [0.1, 0.15) is 37.2 Å². The van der Waals surface area contributed by atoms with E-state index in [2.05, 4.69) is 34.9 Å². The SMILES string of the molecule is COCCn1ncc(Br)c1C(=O)CCC(C)C. The van der Waals surface area contributed by atoms with E-state index < -0.39 is 0 Å². The van der Waals surface area contributed by atoms with E-state index in [4.69, 9.17) is 4.74 Å². The van der Waals surface area contributed by atoms with Crippen molar-refractivity contribution in [3.05, 3.63) is 16.4 Å². The van der Waals surface area contributed by atoms with Gasteiger partial charge in [-0.15, -0.1) is 0 Å². The van der Waals surface area contributed by atoms with E-state index in [1.165, 1.54) is 0 Å². The molecule has 0 bridgehead atoms. The van der Waals surface area contributed by atoms with Gasteiger partial charge in [0.2, 0.25) is 0 Å². The van der Waals surface area contributed by atoms with Gasteiger partial charge in [-0.2, -0.15) is 5.10 Å². The average Bonchev–Trinajstić information content (AvgIpc) is 2.64. The van der Waals surface area contributed by atoms with Crippen LogP contribution in [0.4, 0.5) is 0 Å². The lowest BCUT2D eigenvalue weighted by atomic mass is 10.0. The largest absolute Gasteiger partial charge is 0.383 e. The summed E-state index contributed by atoms with van der Waals surface area (Å²) in [6, 6.07) is 0. The van der Waals surface area contributed by atoms with Gasteiger partial charge in [0.05, 0.1) is 23.8 Å². The van der Waals surface area contributed by atoms with Crippen LogP contribution in [0.15, 0.2) is 10.7 Å². The molecule has 0 fully saturated rings. The van der Waals surface area contributed by atoms with Crippen molar-refractivity contribution in [2.45, 2.75) is 33.2 Å². The Balaban J connectivity index is 2.73. The van der Waals surface area contributed by atoms with E-state index in [-0.39, 0.29) is 5.78 Å². The molecule has 0 unspecified atom stereocenters. The third-order valence-corrected chi connectivity index (χ3v) is 3.10. The fourth-order valence-electron chi connectivity index (χ4n) is 1.53. The van der Waals surface area contributed by atoms with Crippen LogP contribution in [0.3, 0.4) is 0 Å². The fourth-order valence-corrected chi connectivity index (χ4v) is 2.04. The first-order chi connectivity index (χ1) is 8.06. The van der Waals surface area contributed by atoms with Gasteiger partial charge in [0.1, 0.15) is 5.69 Å². The van der Waals surface area contributed by atoms with Crippen molar-refractivity contribution in [3.8, 4) is 0 Å². The number of methoxy groups -OCH3 is 1. The Morgan fingerprint density at radius 1 is 1.59 bits per heavy atom. The zero-order chi connectivity index (χ0) is 12.8. The number of rotatable bonds is 7. The van der Waals surface area contributed by atoms with Crippen LogP contribution < -0.4 is 0 Å². The Kier molecular flexibility index (Phi) is 5.85. The number of carbonyl (C=O) groups is 1. The van der Waals surface area contributed by atoms with Crippen LogP contribution in [-0.2, 0) is 11.3 Å². The number of nitrogens with zero attached hydrogens (tertiary/aromatic N) is 2. The molecule has 0 aromatic carbocycles. The summed E-state index contributed by atoms with van der Waals surface area (Å²) in [6.07, 6.45) is 3.13. The van der Waals surface area contributed by atoms with Crippen molar-refractivity contribution in [2.75, 3.05) is 13.7 Å². The van der Waals surface area contributed by atoms with Crippen LogP contribution in [0.5, 0.6) is 0 Å². The Morgan fingerprint density at radius 2 is 2.29 bits per heavy atom. The number of hydrogen-bond acceptors (Lipinski definition) is 3. The van der Waals surface area contributed by atoms with Crippen molar-refractivity contribution >= 4 is 21.7 Å². The minimum atomic E-state index is 0.138. The Morgan fingerprint density at radius 3 is 2.88 bits per heavy atom. The molecule has 0 radical (unpaired) electrons. The molecule has 1 rings (SSSR count). The summed E-state index contributed by atoms with van der Waals surface area (Å²) >= 11 is 3.37. The molecule has 17 heavy (non-hydrogen) atoms. The second-order valence-electron chi connectivity index (χ2n) is 4.41. The highest BCUT2D eigenvalue weighted by atomic mass is 79.9. The van der Waals surface area contributed by atoms with Crippen molar-refractivity contribution in [1.82, 2.24) is 9.78 Å². The normalized spacial score (nSPS) is 11.1. The van der Waals surface area contributed by atoms with Crippen LogP contribution in [0, 0.1) is 5.92 Å². The number of ketones is 1. The Labute approximate surface area is 110 Å². The van der Waals surface area contributed by atoms with Crippen molar-refractivity contribution in [2.24, 2.45) is 5.92 Å². The zero-order valence-electron chi connectivity index (χ0n) is 10.6. The topological polar surface area (TPSA) is 44.1 Å². The number of Topliss-reactive ketones (excluding diaryl/α,β-unsaturated/α-hetero) is 1. The zero-order valence-corrected chi connectivity index (χ0v) is 12.2.